The van der Waals surface area contributed by atoms with Crippen molar-refractivity contribution in [1.82, 2.24) is 4.90 Å². The van der Waals surface area contributed by atoms with Gasteiger partial charge in [-0.2, -0.15) is 0 Å². The first-order chi connectivity index (χ1) is 4.75. The summed E-state index contributed by atoms with van der Waals surface area (Å²) in [5, 5.41) is 0. The van der Waals surface area contributed by atoms with Gasteiger partial charge >= 0.3 is 0 Å². The van der Waals surface area contributed by atoms with Gasteiger partial charge in [-0.05, 0) is 14.1 Å². The van der Waals surface area contributed by atoms with Gasteiger partial charge in [0.1, 0.15) is 12.3 Å². The fourth-order valence-corrected chi connectivity index (χ4v) is 1.03. The Morgan fingerprint density at radius 1 is 1.50 bits per heavy atom. The van der Waals surface area contributed by atoms with Crippen LogP contribution in [0.25, 0.3) is 0 Å². The quantitative estimate of drug-likeness (QED) is 0.532. The Labute approximate surface area is 61.9 Å². The third kappa shape index (κ3) is 1.94. The number of methoxy groups -OCH3 is 1. The van der Waals surface area contributed by atoms with Crippen molar-refractivity contribution in [2.45, 2.75) is 18.8 Å². The largest absolute Gasteiger partial charge is 0.385 e. The smallest absolute Gasteiger partial charge is 0.137 e. The Morgan fingerprint density at radius 2 is 2.20 bits per heavy atom. The van der Waals surface area contributed by atoms with Crippen molar-refractivity contribution < 1.29 is 9.47 Å². The molecule has 1 aliphatic heterocycles. The molecule has 3 nitrogen and oxygen atoms in total. The Kier molecular flexibility index (Phi) is 2.65. The average Bonchev–Trinajstić information content (AvgIpc) is 2.62. The van der Waals surface area contributed by atoms with E-state index >= 15 is 0 Å². The normalized spacial score (nSPS) is 31.2. The molecule has 1 heterocycles. The maximum atomic E-state index is 5.33. The molecule has 1 aliphatic rings. The predicted molar refractivity (Wildman–Crippen MR) is 38.8 cm³/mol. The maximum Gasteiger partial charge on any atom is 0.137 e. The standard InChI is InChI=1S/C7H15NO2/c1-8(2)7-6(10-7)4-5-9-3/h6-7H,4-5H2,1-3H3. The second kappa shape index (κ2) is 3.32. The first kappa shape index (κ1) is 7.98. The molecule has 1 rings (SSSR count). The molecular weight excluding hydrogens is 130 g/mol. The third-order valence-corrected chi connectivity index (χ3v) is 1.67. The molecule has 2 atom stereocenters. The van der Waals surface area contributed by atoms with Gasteiger partial charge in [0, 0.05) is 20.1 Å². The fraction of sp³-hybridized carbons (Fsp3) is 1.00. The SMILES string of the molecule is COCCC1OC1N(C)C. The van der Waals surface area contributed by atoms with E-state index in [0.29, 0.717) is 12.3 Å². The van der Waals surface area contributed by atoms with Gasteiger partial charge in [0.2, 0.25) is 0 Å². The van der Waals surface area contributed by atoms with Crippen molar-refractivity contribution in [3.05, 3.63) is 0 Å². The monoisotopic (exact) mass is 145 g/mol. The van der Waals surface area contributed by atoms with Crippen LogP contribution in [0.4, 0.5) is 0 Å². The zero-order valence-electron chi connectivity index (χ0n) is 6.83. The van der Waals surface area contributed by atoms with E-state index in [2.05, 4.69) is 4.90 Å². The number of hydrogen-bond donors (Lipinski definition) is 0. The summed E-state index contributed by atoms with van der Waals surface area (Å²) in [6, 6.07) is 0. The van der Waals surface area contributed by atoms with Crippen LogP contribution in [0.5, 0.6) is 0 Å². The molecule has 0 aromatic heterocycles. The molecule has 0 aromatic rings. The predicted octanol–water partition coefficient (Wildman–Crippen LogP) is 0.309. The molecular formula is C7H15NO2. The Hall–Kier alpha value is -0.120. The zero-order valence-corrected chi connectivity index (χ0v) is 6.83. The van der Waals surface area contributed by atoms with Crippen molar-refractivity contribution in [3.63, 3.8) is 0 Å². The minimum atomic E-state index is 0.343. The fourth-order valence-electron chi connectivity index (χ4n) is 1.03. The first-order valence-corrected chi connectivity index (χ1v) is 3.56. The van der Waals surface area contributed by atoms with Crippen molar-refractivity contribution in [2.75, 3.05) is 27.8 Å². The van der Waals surface area contributed by atoms with E-state index in [4.69, 9.17) is 9.47 Å². The second-order valence-corrected chi connectivity index (χ2v) is 2.81. The summed E-state index contributed by atoms with van der Waals surface area (Å²) in [7, 11) is 5.77. The van der Waals surface area contributed by atoms with Gasteiger partial charge in [-0.3, -0.25) is 4.90 Å². The molecule has 0 saturated carbocycles. The molecule has 0 aromatic carbocycles. The molecule has 0 N–H and O–H groups in total. The summed E-state index contributed by atoms with van der Waals surface area (Å²) in [5.41, 5.74) is 0. The van der Waals surface area contributed by atoms with Crippen molar-refractivity contribution in [1.29, 1.82) is 0 Å². The van der Waals surface area contributed by atoms with Crippen LogP contribution in [-0.4, -0.2) is 45.0 Å². The average molecular weight is 145 g/mol. The molecule has 0 radical (unpaired) electrons. The second-order valence-electron chi connectivity index (χ2n) is 2.81. The Balaban J connectivity index is 2.02. The lowest BCUT2D eigenvalue weighted by Gasteiger charge is -2.02. The molecule has 60 valence electrons. The summed E-state index contributed by atoms with van der Waals surface area (Å²) in [4.78, 5) is 2.08. The topological polar surface area (TPSA) is 25.0 Å². The molecule has 1 fully saturated rings. The van der Waals surface area contributed by atoms with Crippen LogP contribution in [-0.2, 0) is 9.47 Å². The minimum Gasteiger partial charge on any atom is -0.385 e. The summed E-state index contributed by atoms with van der Waals surface area (Å²) in [6.07, 6.45) is 1.77. The van der Waals surface area contributed by atoms with Gasteiger partial charge < -0.3 is 9.47 Å². The summed E-state index contributed by atoms with van der Waals surface area (Å²) in [5.74, 6) is 0. The van der Waals surface area contributed by atoms with Crippen LogP contribution in [0, 0.1) is 0 Å². The molecule has 2 unspecified atom stereocenters. The van der Waals surface area contributed by atoms with Gasteiger partial charge in [-0.1, -0.05) is 0 Å². The van der Waals surface area contributed by atoms with Gasteiger partial charge in [-0.15, -0.1) is 0 Å². The zero-order chi connectivity index (χ0) is 7.56. The van der Waals surface area contributed by atoms with E-state index in [0.717, 1.165) is 13.0 Å². The van der Waals surface area contributed by atoms with Crippen LogP contribution in [0.1, 0.15) is 6.42 Å². The number of epoxide rings is 1. The van der Waals surface area contributed by atoms with Crippen LogP contribution in [0.3, 0.4) is 0 Å². The van der Waals surface area contributed by atoms with Gasteiger partial charge in [-0.25, -0.2) is 0 Å². The van der Waals surface area contributed by atoms with Crippen LogP contribution in [0.15, 0.2) is 0 Å². The molecule has 0 amide bonds. The van der Waals surface area contributed by atoms with Gasteiger partial charge in [0.05, 0.1) is 0 Å². The summed E-state index contributed by atoms with van der Waals surface area (Å²) < 4.78 is 10.2. The number of likely N-dealkylation sites (N-methyl/N-ethyl adjacent to an activating group) is 1. The molecule has 0 bridgehead atoms. The molecule has 10 heavy (non-hydrogen) atoms. The lowest BCUT2D eigenvalue weighted by molar-refractivity contribution is 0.183. The Bertz CT molecular complexity index is 106. The van der Waals surface area contributed by atoms with E-state index in [1.807, 2.05) is 14.1 Å². The van der Waals surface area contributed by atoms with E-state index in [1.165, 1.54) is 0 Å². The van der Waals surface area contributed by atoms with Crippen molar-refractivity contribution >= 4 is 0 Å². The van der Waals surface area contributed by atoms with Crippen LogP contribution in [0.2, 0.25) is 0 Å². The molecule has 0 spiro atoms. The minimum absolute atomic E-state index is 0.343. The highest BCUT2D eigenvalue weighted by Gasteiger charge is 2.39. The first-order valence-electron chi connectivity index (χ1n) is 3.56. The molecule has 0 aliphatic carbocycles. The van der Waals surface area contributed by atoms with E-state index in [-0.39, 0.29) is 0 Å². The highest BCUT2D eigenvalue weighted by Crippen LogP contribution is 2.26. The molecule has 1 saturated heterocycles. The summed E-state index contributed by atoms with van der Waals surface area (Å²) >= 11 is 0. The maximum absolute atomic E-state index is 5.33. The highest BCUT2D eigenvalue weighted by atomic mass is 16.6. The van der Waals surface area contributed by atoms with Gasteiger partial charge in [0.15, 0.2) is 0 Å². The number of ether oxygens (including phenoxy) is 2. The van der Waals surface area contributed by atoms with E-state index in [1.54, 1.807) is 7.11 Å². The number of nitrogens with zero attached hydrogens (tertiary/aromatic N) is 1. The van der Waals surface area contributed by atoms with Crippen molar-refractivity contribution in [3.8, 4) is 0 Å². The lowest BCUT2D eigenvalue weighted by Crippen LogP contribution is -2.18. The number of rotatable bonds is 4. The Morgan fingerprint density at radius 3 is 2.60 bits per heavy atom. The molecule has 3 heteroatoms. The van der Waals surface area contributed by atoms with Crippen LogP contribution < -0.4 is 0 Å². The van der Waals surface area contributed by atoms with Crippen LogP contribution >= 0.6 is 0 Å². The number of hydrogen-bond acceptors (Lipinski definition) is 3. The van der Waals surface area contributed by atoms with E-state index < -0.39 is 0 Å². The van der Waals surface area contributed by atoms with Gasteiger partial charge in [0.25, 0.3) is 0 Å². The van der Waals surface area contributed by atoms with Crippen molar-refractivity contribution in [2.24, 2.45) is 0 Å². The third-order valence-electron chi connectivity index (χ3n) is 1.67. The lowest BCUT2D eigenvalue weighted by atomic mass is 10.3. The van der Waals surface area contributed by atoms with E-state index in [9.17, 15) is 0 Å². The summed E-state index contributed by atoms with van der Waals surface area (Å²) in [6.45, 7) is 0.801. The highest BCUT2D eigenvalue weighted by molar-refractivity contribution is 4.81.